The number of anilines is 1. The van der Waals surface area contributed by atoms with Crippen molar-refractivity contribution >= 4 is 34.4 Å². The Morgan fingerprint density at radius 3 is 2.50 bits per heavy atom. The van der Waals surface area contributed by atoms with Gasteiger partial charge in [-0.3, -0.25) is 4.79 Å². The first-order valence-electron chi connectivity index (χ1n) is 8.92. The van der Waals surface area contributed by atoms with Crippen molar-refractivity contribution in [1.82, 2.24) is 9.55 Å². The maximum absolute atomic E-state index is 12.9. The molecule has 0 spiro atoms. The van der Waals surface area contributed by atoms with Gasteiger partial charge in [0.05, 0.1) is 41.8 Å². The second-order valence-corrected chi connectivity index (χ2v) is 6.96. The van der Waals surface area contributed by atoms with Gasteiger partial charge in [0, 0.05) is 18.8 Å². The van der Waals surface area contributed by atoms with Crippen LogP contribution >= 0.6 is 11.8 Å². The lowest BCUT2D eigenvalue weighted by Gasteiger charge is -2.21. The summed E-state index contributed by atoms with van der Waals surface area (Å²) in [4.78, 5) is 19.1. The number of aryl methyl sites for hydroxylation is 1. The molecule has 1 heterocycles. The van der Waals surface area contributed by atoms with Crippen molar-refractivity contribution in [2.24, 2.45) is 0 Å². The van der Waals surface area contributed by atoms with Crippen molar-refractivity contribution in [2.75, 3.05) is 17.2 Å². The predicted octanol–water partition coefficient (Wildman–Crippen LogP) is 3.99. The van der Waals surface area contributed by atoms with E-state index in [-0.39, 0.29) is 18.1 Å². The van der Waals surface area contributed by atoms with Crippen LogP contribution in [0.4, 0.5) is 5.69 Å². The number of hydrogen-bond donors (Lipinski definition) is 0. The summed E-state index contributed by atoms with van der Waals surface area (Å²) in [5, 5.41) is 18.6. The molecule has 0 unspecified atom stereocenters. The van der Waals surface area contributed by atoms with Crippen LogP contribution < -0.4 is 4.90 Å². The molecule has 0 saturated carbocycles. The van der Waals surface area contributed by atoms with Crippen LogP contribution in [-0.2, 0) is 11.3 Å². The highest BCUT2D eigenvalue weighted by Gasteiger charge is 2.18. The zero-order valence-electron chi connectivity index (χ0n) is 15.3. The van der Waals surface area contributed by atoms with Crippen LogP contribution in [0.2, 0.25) is 0 Å². The fourth-order valence-corrected chi connectivity index (χ4v) is 3.83. The van der Waals surface area contributed by atoms with E-state index in [1.54, 1.807) is 4.90 Å². The van der Waals surface area contributed by atoms with E-state index in [4.69, 9.17) is 10.5 Å². The van der Waals surface area contributed by atoms with Gasteiger partial charge in [0.15, 0.2) is 5.16 Å². The molecule has 0 bridgehead atoms. The smallest absolute Gasteiger partial charge is 0.237 e. The molecule has 2 aromatic carbocycles. The minimum absolute atomic E-state index is 0.0784. The molecule has 7 heteroatoms. The number of rotatable bonds is 8. The highest BCUT2D eigenvalue weighted by molar-refractivity contribution is 7.99. The lowest BCUT2D eigenvalue weighted by atomic mass is 10.2. The van der Waals surface area contributed by atoms with Crippen molar-refractivity contribution in [1.29, 1.82) is 10.5 Å². The number of carbonyl (C=O) groups excluding carboxylic acids is 1. The summed E-state index contributed by atoms with van der Waals surface area (Å²) >= 11 is 1.36. The zero-order valence-corrected chi connectivity index (χ0v) is 16.1. The molecule has 0 aliphatic rings. The van der Waals surface area contributed by atoms with Crippen LogP contribution in [0.5, 0.6) is 0 Å². The first kappa shape index (κ1) is 19.5. The van der Waals surface area contributed by atoms with E-state index < -0.39 is 0 Å². The van der Waals surface area contributed by atoms with Crippen molar-refractivity contribution in [3.8, 4) is 12.1 Å². The first-order chi connectivity index (χ1) is 13.7. The molecule has 0 aliphatic heterocycles. The molecule has 1 aromatic heterocycles. The zero-order chi connectivity index (χ0) is 19.8. The summed E-state index contributed by atoms with van der Waals surface area (Å²) in [5.74, 6) is 0.126. The Morgan fingerprint density at radius 1 is 1.04 bits per heavy atom. The average Bonchev–Trinajstić information content (AvgIpc) is 3.09. The Hall–Kier alpha value is -3.29. The molecular formula is C21H19N5OS. The number of nitriles is 2. The molecule has 0 aliphatic carbocycles. The number of nitrogens with zero attached hydrogens (tertiary/aromatic N) is 5. The molecule has 0 saturated heterocycles. The highest BCUT2D eigenvalue weighted by Crippen LogP contribution is 2.25. The van der Waals surface area contributed by atoms with Gasteiger partial charge in [-0.2, -0.15) is 10.5 Å². The topological polar surface area (TPSA) is 85.7 Å². The van der Waals surface area contributed by atoms with Gasteiger partial charge in [-0.15, -0.1) is 0 Å². The Kier molecular flexibility index (Phi) is 6.67. The second kappa shape index (κ2) is 9.59. The Bertz CT molecular complexity index is 1030. The van der Waals surface area contributed by atoms with Crippen LogP contribution in [0.3, 0.4) is 0 Å². The summed E-state index contributed by atoms with van der Waals surface area (Å²) in [6.07, 6.45) is 0.645. The number of hydrogen-bond acceptors (Lipinski definition) is 5. The Labute approximate surface area is 168 Å². The molecule has 3 aromatic rings. The highest BCUT2D eigenvalue weighted by atomic mass is 32.2. The summed E-state index contributed by atoms with van der Waals surface area (Å²) < 4.78 is 1.98. The number of benzene rings is 2. The minimum Gasteiger partial charge on any atom is -0.318 e. The van der Waals surface area contributed by atoms with Gasteiger partial charge in [-0.05, 0) is 24.3 Å². The van der Waals surface area contributed by atoms with Crippen molar-refractivity contribution in [3.05, 3.63) is 54.6 Å². The van der Waals surface area contributed by atoms with Crippen LogP contribution in [-0.4, -0.2) is 27.8 Å². The SMILES string of the molecule is N#CCCN(C(=O)CSc1nc2ccccc2n1CCC#N)c1ccccc1. The minimum atomic E-state index is -0.0784. The van der Waals surface area contributed by atoms with Crippen LogP contribution in [0.15, 0.2) is 59.8 Å². The van der Waals surface area contributed by atoms with E-state index in [9.17, 15) is 4.79 Å². The van der Waals surface area contributed by atoms with E-state index in [1.165, 1.54) is 11.8 Å². The number of para-hydroxylation sites is 3. The quantitative estimate of drug-likeness (QED) is 0.544. The van der Waals surface area contributed by atoms with Crippen LogP contribution in [0, 0.1) is 22.7 Å². The average molecular weight is 389 g/mol. The predicted molar refractivity (Wildman–Crippen MR) is 110 cm³/mol. The molecule has 28 heavy (non-hydrogen) atoms. The summed E-state index contributed by atoms with van der Waals surface area (Å²) in [6.45, 7) is 0.884. The van der Waals surface area contributed by atoms with Crippen molar-refractivity contribution in [2.45, 2.75) is 24.5 Å². The largest absolute Gasteiger partial charge is 0.318 e. The van der Waals surface area contributed by atoms with Crippen molar-refractivity contribution < 1.29 is 4.79 Å². The van der Waals surface area contributed by atoms with Gasteiger partial charge in [0.25, 0.3) is 0 Å². The van der Waals surface area contributed by atoms with E-state index >= 15 is 0 Å². The monoisotopic (exact) mass is 389 g/mol. The van der Waals surface area contributed by atoms with Crippen LogP contribution in [0.1, 0.15) is 12.8 Å². The lowest BCUT2D eigenvalue weighted by molar-refractivity contribution is -0.116. The normalized spacial score (nSPS) is 10.4. The molecule has 0 fully saturated rings. The summed E-state index contributed by atoms with van der Waals surface area (Å²) in [5.41, 5.74) is 2.58. The van der Waals surface area contributed by atoms with Crippen molar-refractivity contribution in [3.63, 3.8) is 0 Å². The maximum Gasteiger partial charge on any atom is 0.237 e. The Morgan fingerprint density at radius 2 is 1.75 bits per heavy atom. The second-order valence-electron chi connectivity index (χ2n) is 6.02. The Balaban J connectivity index is 1.79. The molecule has 0 atom stereocenters. The number of amides is 1. The third kappa shape index (κ3) is 4.51. The molecule has 0 radical (unpaired) electrons. The fourth-order valence-electron chi connectivity index (χ4n) is 2.91. The van der Waals surface area contributed by atoms with Gasteiger partial charge >= 0.3 is 0 Å². The van der Waals surface area contributed by atoms with E-state index in [0.29, 0.717) is 19.5 Å². The summed E-state index contributed by atoms with van der Waals surface area (Å²) in [6, 6.07) is 21.4. The van der Waals surface area contributed by atoms with Gasteiger partial charge in [0.1, 0.15) is 0 Å². The number of fused-ring (bicyclic) bond motifs is 1. The van der Waals surface area contributed by atoms with Crippen LogP contribution in [0.25, 0.3) is 11.0 Å². The van der Waals surface area contributed by atoms with Gasteiger partial charge < -0.3 is 9.47 Å². The van der Waals surface area contributed by atoms with E-state index in [1.807, 2.05) is 59.2 Å². The van der Waals surface area contributed by atoms with E-state index in [2.05, 4.69) is 17.1 Å². The molecule has 0 N–H and O–H groups in total. The van der Waals surface area contributed by atoms with E-state index in [0.717, 1.165) is 21.9 Å². The molecular weight excluding hydrogens is 370 g/mol. The number of thioether (sulfide) groups is 1. The van der Waals surface area contributed by atoms with Gasteiger partial charge in [0.2, 0.25) is 5.91 Å². The fraction of sp³-hybridized carbons (Fsp3) is 0.238. The standard InChI is InChI=1S/C21H19N5OS/c22-12-6-14-25(17-8-2-1-3-9-17)20(27)16-28-21-24-18-10-4-5-11-19(18)26(21)15-7-13-23/h1-5,8-11H,6-7,14-16H2. The number of carbonyl (C=O) groups is 1. The third-order valence-electron chi connectivity index (χ3n) is 4.21. The molecule has 1 amide bonds. The first-order valence-corrected chi connectivity index (χ1v) is 9.90. The number of aromatic nitrogens is 2. The third-order valence-corrected chi connectivity index (χ3v) is 5.17. The van der Waals surface area contributed by atoms with Gasteiger partial charge in [-0.25, -0.2) is 4.98 Å². The number of imidazole rings is 1. The molecule has 140 valence electrons. The summed E-state index contributed by atoms with van der Waals surface area (Å²) in [7, 11) is 0. The van der Waals surface area contributed by atoms with Gasteiger partial charge in [-0.1, -0.05) is 42.1 Å². The lowest BCUT2D eigenvalue weighted by Crippen LogP contribution is -2.33. The molecule has 3 rings (SSSR count). The maximum atomic E-state index is 12.9. The molecule has 6 nitrogen and oxygen atoms in total.